The molecule has 4 aromatic heterocycles. The van der Waals surface area contributed by atoms with Gasteiger partial charge in [-0.3, -0.25) is 9.38 Å². The summed E-state index contributed by atoms with van der Waals surface area (Å²) in [5.41, 5.74) is 2.14. The minimum atomic E-state index is -0.478. The van der Waals surface area contributed by atoms with Crippen LogP contribution in [0.4, 0.5) is 10.1 Å². The summed E-state index contributed by atoms with van der Waals surface area (Å²) in [5, 5.41) is 33.8. The van der Waals surface area contributed by atoms with Crippen molar-refractivity contribution in [1.82, 2.24) is 39.8 Å². The monoisotopic (exact) mass is 465 g/mol. The fourth-order valence-electron chi connectivity index (χ4n) is 4.58. The molecule has 0 spiro atoms. The highest BCUT2D eigenvalue weighted by Crippen LogP contribution is 2.31. The summed E-state index contributed by atoms with van der Waals surface area (Å²) in [6.45, 7) is 0.0923. The maximum absolute atomic E-state index is 13.7. The number of aromatic nitrogens is 8. The molecule has 0 aromatic carbocycles. The number of nitrogens with zero attached hydrogens (tertiary/aromatic N) is 8. The van der Waals surface area contributed by atoms with E-state index in [9.17, 15) is 9.50 Å². The number of hydrogen-bond acceptors (Lipinski definition) is 8. The second-order valence-electron chi connectivity index (χ2n) is 8.70. The zero-order valence-electron chi connectivity index (χ0n) is 18.9. The highest BCUT2D eigenvalue weighted by Gasteiger charge is 2.27. The highest BCUT2D eigenvalue weighted by atomic mass is 19.1. The molecule has 4 aromatic rings. The molecular weight excluding hydrogens is 437 g/mol. The van der Waals surface area contributed by atoms with Crippen LogP contribution in [0.3, 0.4) is 0 Å². The first-order chi connectivity index (χ1) is 16.7. The molecule has 1 aliphatic carbocycles. The van der Waals surface area contributed by atoms with E-state index in [0.717, 1.165) is 42.8 Å². The molecule has 4 heterocycles. The van der Waals surface area contributed by atoms with Crippen LogP contribution in [0.5, 0.6) is 0 Å². The number of anilines is 1. The summed E-state index contributed by atoms with van der Waals surface area (Å²) in [5.74, 6) is 1.02. The van der Waals surface area contributed by atoms with Crippen molar-refractivity contribution in [2.45, 2.75) is 63.5 Å². The Morgan fingerprint density at radius 1 is 1.06 bits per heavy atom. The predicted octanol–water partition coefficient (Wildman–Crippen LogP) is 3.27. The summed E-state index contributed by atoms with van der Waals surface area (Å²) in [6.07, 6.45) is 11.2. The van der Waals surface area contributed by atoms with E-state index in [1.165, 1.54) is 25.1 Å². The summed E-state index contributed by atoms with van der Waals surface area (Å²) >= 11 is 0. The number of aliphatic hydroxyl groups is 1. The third kappa shape index (κ3) is 4.74. The Balaban J connectivity index is 1.51. The molecule has 0 amide bonds. The molecule has 1 atom stereocenters. The lowest BCUT2D eigenvalue weighted by Crippen LogP contribution is -2.22. The van der Waals surface area contributed by atoms with Gasteiger partial charge in [0, 0.05) is 19.2 Å². The first-order valence-electron chi connectivity index (χ1n) is 11.8. The van der Waals surface area contributed by atoms with Crippen LogP contribution in [0.2, 0.25) is 0 Å². The van der Waals surface area contributed by atoms with E-state index < -0.39 is 11.9 Å². The van der Waals surface area contributed by atoms with Gasteiger partial charge >= 0.3 is 0 Å². The Bertz CT molecular complexity index is 1210. The van der Waals surface area contributed by atoms with Gasteiger partial charge in [0.2, 0.25) is 0 Å². The zero-order valence-corrected chi connectivity index (χ0v) is 18.9. The summed E-state index contributed by atoms with van der Waals surface area (Å²) < 4.78 is 17.5. The molecule has 11 heteroatoms. The van der Waals surface area contributed by atoms with Crippen molar-refractivity contribution in [2.75, 3.05) is 11.9 Å². The molecule has 34 heavy (non-hydrogen) atoms. The fourth-order valence-corrected chi connectivity index (χ4v) is 4.58. The lowest BCUT2D eigenvalue weighted by atomic mass is 10.1. The average Bonchev–Trinajstić information content (AvgIpc) is 3.41. The first kappa shape index (κ1) is 22.3. The lowest BCUT2D eigenvalue weighted by molar-refractivity contribution is 0.287. The number of rotatable bonds is 8. The molecule has 1 saturated carbocycles. The second-order valence-corrected chi connectivity index (χ2v) is 8.70. The largest absolute Gasteiger partial charge is 0.396 e. The number of fused-ring (bicyclic) bond motifs is 1. The Morgan fingerprint density at radius 2 is 1.91 bits per heavy atom. The zero-order chi connectivity index (χ0) is 23.3. The number of aliphatic hydroxyl groups excluding tert-OH is 1. The predicted molar refractivity (Wildman–Crippen MR) is 123 cm³/mol. The number of halogens is 1. The van der Waals surface area contributed by atoms with Crippen LogP contribution in [0.1, 0.15) is 74.4 Å². The van der Waals surface area contributed by atoms with Crippen LogP contribution >= 0.6 is 0 Å². The van der Waals surface area contributed by atoms with Gasteiger partial charge in [0.1, 0.15) is 17.7 Å². The van der Waals surface area contributed by atoms with Crippen LogP contribution in [0.15, 0.2) is 36.7 Å². The van der Waals surface area contributed by atoms with Crippen LogP contribution in [-0.2, 0) is 6.42 Å². The fraction of sp³-hybridized carbons (Fsp3) is 0.478. The Morgan fingerprint density at radius 3 is 2.68 bits per heavy atom. The molecule has 178 valence electrons. The van der Waals surface area contributed by atoms with Gasteiger partial charge in [0.25, 0.3) is 0 Å². The first-order valence-corrected chi connectivity index (χ1v) is 11.8. The third-order valence-electron chi connectivity index (χ3n) is 6.34. The molecule has 1 fully saturated rings. The minimum absolute atomic E-state index is 0.0923. The quantitative estimate of drug-likeness (QED) is 0.381. The molecule has 1 unspecified atom stereocenters. The van der Waals surface area contributed by atoms with Crippen molar-refractivity contribution in [3.8, 4) is 0 Å². The van der Waals surface area contributed by atoms with Gasteiger partial charge in [-0.15, -0.1) is 15.3 Å². The SMILES string of the molecule is OCCCc1nnc2ccc(NC(c3ccc(F)cn3)c3nnnn3C3CCCCCC3)cn12. The summed E-state index contributed by atoms with van der Waals surface area (Å²) in [6, 6.07) is 6.59. The van der Waals surface area contributed by atoms with Gasteiger partial charge in [0.15, 0.2) is 11.5 Å². The lowest BCUT2D eigenvalue weighted by Gasteiger charge is -2.22. The van der Waals surface area contributed by atoms with E-state index in [2.05, 4.69) is 36.0 Å². The van der Waals surface area contributed by atoms with Crippen molar-refractivity contribution in [3.05, 3.63) is 59.8 Å². The Hall–Kier alpha value is -3.47. The topological polar surface area (TPSA) is 119 Å². The summed E-state index contributed by atoms with van der Waals surface area (Å²) in [4.78, 5) is 4.34. The van der Waals surface area contributed by atoms with E-state index in [-0.39, 0.29) is 12.6 Å². The van der Waals surface area contributed by atoms with Gasteiger partial charge in [-0.1, -0.05) is 25.7 Å². The van der Waals surface area contributed by atoms with Gasteiger partial charge < -0.3 is 10.4 Å². The number of aryl methyl sites for hydroxylation is 1. The van der Waals surface area contributed by atoms with E-state index in [1.54, 1.807) is 6.07 Å². The van der Waals surface area contributed by atoms with Gasteiger partial charge in [-0.25, -0.2) is 9.07 Å². The minimum Gasteiger partial charge on any atom is -0.396 e. The van der Waals surface area contributed by atoms with Crippen LogP contribution < -0.4 is 5.32 Å². The van der Waals surface area contributed by atoms with Gasteiger partial charge in [-0.2, -0.15) is 0 Å². The number of tetrazole rings is 1. The van der Waals surface area contributed by atoms with Gasteiger partial charge in [0.05, 0.1) is 23.6 Å². The maximum atomic E-state index is 13.7. The Labute approximate surface area is 196 Å². The molecule has 0 bridgehead atoms. The normalized spacial score (nSPS) is 15.9. The summed E-state index contributed by atoms with van der Waals surface area (Å²) in [7, 11) is 0. The second kappa shape index (κ2) is 10.2. The molecule has 1 aliphatic rings. The van der Waals surface area contributed by atoms with Crippen molar-refractivity contribution in [3.63, 3.8) is 0 Å². The molecule has 2 N–H and O–H groups in total. The van der Waals surface area contributed by atoms with Crippen LogP contribution in [0.25, 0.3) is 5.65 Å². The van der Waals surface area contributed by atoms with Crippen LogP contribution in [0, 0.1) is 5.82 Å². The average molecular weight is 466 g/mol. The van der Waals surface area contributed by atoms with E-state index in [0.29, 0.717) is 24.4 Å². The highest BCUT2D eigenvalue weighted by molar-refractivity contribution is 5.52. The molecular formula is C23H28FN9O. The van der Waals surface area contributed by atoms with Crippen molar-refractivity contribution < 1.29 is 9.50 Å². The Kier molecular flexibility index (Phi) is 6.70. The van der Waals surface area contributed by atoms with E-state index >= 15 is 0 Å². The van der Waals surface area contributed by atoms with E-state index in [1.807, 2.05) is 27.4 Å². The number of hydrogen-bond donors (Lipinski definition) is 2. The third-order valence-corrected chi connectivity index (χ3v) is 6.34. The number of nitrogens with one attached hydrogen (secondary N) is 1. The van der Waals surface area contributed by atoms with Crippen molar-refractivity contribution >= 4 is 11.3 Å². The van der Waals surface area contributed by atoms with Gasteiger partial charge in [-0.05, 0) is 54.0 Å². The molecule has 0 saturated heterocycles. The maximum Gasteiger partial charge on any atom is 0.180 e. The molecule has 10 nitrogen and oxygen atoms in total. The van der Waals surface area contributed by atoms with Crippen LogP contribution in [-0.4, -0.2) is 51.5 Å². The van der Waals surface area contributed by atoms with Crippen molar-refractivity contribution in [1.29, 1.82) is 0 Å². The van der Waals surface area contributed by atoms with E-state index in [4.69, 9.17) is 0 Å². The smallest absolute Gasteiger partial charge is 0.180 e. The molecule has 0 radical (unpaired) electrons. The van der Waals surface area contributed by atoms with Crippen molar-refractivity contribution in [2.24, 2.45) is 0 Å². The standard InChI is InChI=1S/C23H28FN9O/c24-16-9-11-19(25-14-16)22(23-29-30-31-33(23)18-6-3-1-2-4-7-18)26-17-10-12-21-28-27-20(8-5-13-34)32(21)15-17/h9-12,14-15,18,22,26,34H,1-8,13H2. The molecule has 0 aliphatic heterocycles. The molecule has 5 rings (SSSR count). The number of pyridine rings is 2.